The van der Waals surface area contributed by atoms with E-state index in [1.165, 1.54) is 0 Å². The van der Waals surface area contributed by atoms with E-state index in [1.807, 2.05) is 43.3 Å². The SMILES string of the molecule is CN(C)c1cccc2cc(S(=O)(=O)NCCCCCN)ccc12. The molecule has 0 aromatic heterocycles. The number of nitrogens with one attached hydrogen (secondary N) is 1. The van der Waals surface area contributed by atoms with Crippen LogP contribution in [0.3, 0.4) is 0 Å². The Labute approximate surface area is 138 Å². The molecule has 2 rings (SSSR count). The van der Waals surface area contributed by atoms with E-state index < -0.39 is 10.0 Å². The van der Waals surface area contributed by atoms with Crippen molar-refractivity contribution in [3.05, 3.63) is 36.4 Å². The Kier molecular flexibility index (Phi) is 5.98. The molecule has 0 spiro atoms. The molecule has 0 aliphatic heterocycles. The van der Waals surface area contributed by atoms with Crippen LogP contribution in [0.1, 0.15) is 19.3 Å². The van der Waals surface area contributed by atoms with Gasteiger partial charge in [0.2, 0.25) is 10.0 Å². The molecule has 2 aromatic rings. The van der Waals surface area contributed by atoms with Gasteiger partial charge in [-0.3, -0.25) is 0 Å². The van der Waals surface area contributed by atoms with Crippen molar-refractivity contribution >= 4 is 26.5 Å². The highest BCUT2D eigenvalue weighted by molar-refractivity contribution is 7.89. The minimum atomic E-state index is -3.47. The molecule has 0 radical (unpaired) electrons. The predicted octanol–water partition coefficient (Wildman–Crippen LogP) is 2.31. The molecular weight excluding hydrogens is 310 g/mol. The number of fused-ring (bicyclic) bond motifs is 1. The Bertz CT molecular complexity index is 758. The largest absolute Gasteiger partial charge is 0.377 e. The fraction of sp³-hybridized carbons (Fsp3) is 0.412. The van der Waals surface area contributed by atoms with Crippen LogP contribution < -0.4 is 15.4 Å². The van der Waals surface area contributed by atoms with Gasteiger partial charge in [-0.25, -0.2) is 13.1 Å². The molecule has 0 amide bonds. The molecule has 0 fully saturated rings. The molecule has 0 heterocycles. The summed E-state index contributed by atoms with van der Waals surface area (Å²) in [4.78, 5) is 2.33. The van der Waals surface area contributed by atoms with E-state index in [1.54, 1.807) is 12.1 Å². The fourth-order valence-corrected chi connectivity index (χ4v) is 3.65. The third-order valence-electron chi connectivity index (χ3n) is 3.79. The summed E-state index contributed by atoms with van der Waals surface area (Å²) in [6, 6.07) is 11.2. The lowest BCUT2D eigenvalue weighted by Crippen LogP contribution is -2.24. The summed E-state index contributed by atoms with van der Waals surface area (Å²) < 4.78 is 27.4. The minimum absolute atomic E-state index is 0.305. The predicted molar refractivity (Wildman–Crippen MR) is 96.4 cm³/mol. The normalized spacial score (nSPS) is 11.8. The van der Waals surface area contributed by atoms with Crippen molar-refractivity contribution in [1.82, 2.24) is 4.72 Å². The van der Waals surface area contributed by atoms with Crippen LogP contribution in [-0.2, 0) is 10.0 Å². The molecule has 126 valence electrons. The van der Waals surface area contributed by atoms with Gasteiger partial charge in [-0.15, -0.1) is 0 Å². The Morgan fingerprint density at radius 1 is 1.09 bits per heavy atom. The monoisotopic (exact) mass is 335 g/mol. The maximum atomic E-state index is 12.4. The number of sulfonamides is 1. The molecule has 2 aromatic carbocycles. The molecule has 0 unspecified atom stereocenters. The maximum Gasteiger partial charge on any atom is 0.240 e. The first-order chi connectivity index (χ1) is 11.0. The zero-order chi connectivity index (χ0) is 16.9. The van der Waals surface area contributed by atoms with E-state index in [0.717, 1.165) is 35.7 Å². The highest BCUT2D eigenvalue weighted by Gasteiger charge is 2.14. The van der Waals surface area contributed by atoms with Gasteiger partial charge in [-0.05, 0) is 43.0 Å². The Balaban J connectivity index is 2.19. The van der Waals surface area contributed by atoms with Gasteiger partial charge < -0.3 is 10.6 Å². The molecule has 0 saturated carbocycles. The summed E-state index contributed by atoms with van der Waals surface area (Å²) >= 11 is 0. The second kappa shape index (κ2) is 7.77. The number of hydrogen-bond acceptors (Lipinski definition) is 4. The van der Waals surface area contributed by atoms with Crippen LogP contribution >= 0.6 is 0 Å². The molecule has 6 heteroatoms. The highest BCUT2D eigenvalue weighted by atomic mass is 32.2. The Morgan fingerprint density at radius 3 is 2.57 bits per heavy atom. The number of rotatable bonds is 8. The van der Waals surface area contributed by atoms with E-state index in [2.05, 4.69) is 4.72 Å². The molecule has 0 saturated heterocycles. The molecule has 0 bridgehead atoms. The quantitative estimate of drug-likeness (QED) is 0.726. The van der Waals surface area contributed by atoms with E-state index in [-0.39, 0.29) is 0 Å². The van der Waals surface area contributed by atoms with Crippen LogP contribution in [0.25, 0.3) is 10.8 Å². The lowest BCUT2D eigenvalue weighted by Gasteiger charge is -2.16. The summed E-state index contributed by atoms with van der Waals surface area (Å²) in [7, 11) is 0.482. The van der Waals surface area contributed by atoms with Gasteiger partial charge in [0.05, 0.1) is 4.90 Å². The second-order valence-electron chi connectivity index (χ2n) is 5.80. The fourth-order valence-electron chi connectivity index (χ4n) is 2.54. The van der Waals surface area contributed by atoms with Crippen molar-refractivity contribution in [1.29, 1.82) is 0 Å². The summed E-state index contributed by atoms with van der Waals surface area (Å²) in [5.74, 6) is 0. The third-order valence-corrected chi connectivity index (χ3v) is 5.25. The van der Waals surface area contributed by atoms with Gasteiger partial charge in [0.25, 0.3) is 0 Å². The van der Waals surface area contributed by atoms with E-state index >= 15 is 0 Å². The standard InChI is InChI=1S/C17H25N3O2S/c1-20(2)17-8-6-7-14-13-15(9-10-16(14)17)23(21,22)19-12-5-3-4-11-18/h6-10,13,19H,3-5,11-12,18H2,1-2H3. The second-order valence-corrected chi connectivity index (χ2v) is 7.57. The van der Waals surface area contributed by atoms with Gasteiger partial charge in [0.15, 0.2) is 0 Å². The van der Waals surface area contributed by atoms with Crippen LogP contribution in [0.15, 0.2) is 41.3 Å². The first kappa shape index (κ1) is 17.7. The summed E-state index contributed by atoms with van der Waals surface area (Å²) in [6.45, 7) is 1.09. The number of anilines is 1. The number of nitrogens with zero attached hydrogens (tertiary/aromatic N) is 1. The Morgan fingerprint density at radius 2 is 1.87 bits per heavy atom. The maximum absolute atomic E-state index is 12.4. The van der Waals surface area contributed by atoms with Gasteiger partial charge in [0, 0.05) is 31.7 Å². The van der Waals surface area contributed by atoms with Gasteiger partial charge in [0.1, 0.15) is 0 Å². The molecule has 0 aliphatic carbocycles. The van der Waals surface area contributed by atoms with Crippen LogP contribution in [0.2, 0.25) is 0 Å². The van der Waals surface area contributed by atoms with Crippen molar-refractivity contribution in [3.8, 4) is 0 Å². The van der Waals surface area contributed by atoms with E-state index in [4.69, 9.17) is 5.73 Å². The molecule has 23 heavy (non-hydrogen) atoms. The number of benzene rings is 2. The van der Waals surface area contributed by atoms with Crippen molar-refractivity contribution in [2.24, 2.45) is 5.73 Å². The molecule has 0 atom stereocenters. The smallest absolute Gasteiger partial charge is 0.240 e. The van der Waals surface area contributed by atoms with E-state index in [9.17, 15) is 8.42 Å². The molecule has 3 N–H and O–H groups in total. The lowest BCUT2D eigenvalue weighted by molar-refractivity contribution is 0.575. The molecule has 0 aliphatic rings. The number of unbranched alkanes of at least 4 members (excludes halogenated alkanes) is 2. The summed E-state index contributed by atoms with van der Waals surface area (Å²) in [6.07, 6.45) is 2.66. The first-order valence-corrected chi connectivity index (χ1v) is 9.34. The van der Waals surface area contributed by atoms with Crippen LogP contribution in [0.4, 0.5) is 5.69 Å². The van der Waals surface area contributed by atoms with Crippen LogP contribution in [0.5, 0.6) is 0 Å². The third kappa shape index (κ3) is 4.43. The lowest BCUT2D eigenvalue weighted by atomic mass is 10.1. The Hall–Kier alpha value is -1.63. The van der Waals surface area contributed by atoms with Crippen molar-refractivity contribution < 1.29 is 8.42 Å². The summed E-state index contributed by atoms with van der Waals surface area (Å²) in [5.41, 5.74) is 6.50. The number of hydrogen-bond donors (Lipinski definition) is 2. The van der Waals surface area contributed by atoms with Gasteiger partial charge >= 0.3 is 0 Å². The first-order valence-electron chi connectivity index (χ1n) is 7.85. The molecular formula is C17H25N3O2S. The average molecular weight is 335 g/mol. The van der Waals surface area contributed by atoms with Crippen LogP contribution in [0, 0.1) is 0 Å². The van der Waals surface area contributed by atoms with Crippen molar-refractivity contribution in [2.75, 3.05) is 32.1 Å². The van der Waals surface area contributed by atoms with Gasteiger partial charge in [-0.2, -0.15) is 0 Å². The zero-order valence-electron chi connectivity index (χ0n) is 13.7. The minimum Gasteiger partial charge on any atom is -0.377 e. The van der Waals surface area contributed by atoms with Crippen molar-refractivity contribution in [2.45, 2.75) is 24.2 Å². The van der Waals surface area contributed by atoms with E-state index in [0.29, 0.717) is 18.0 Å². The van der Waals surface area contributed by atoms with Crippen LogP contribution in [-0.4, -0.2) is 35.6 Å². The van der Waals surface area contributed by atoms with Crippen molar-refractivity contribution in [3.63, 3.8) is 0 Å². The number of nitrogens with two attached hydrogens (primary N) is 1. The average Bonchev–Trinajstić information content (AvgIpc) is 2.53. The molecule has 5 nitrogen and oxygen atoms in total. The zero-order valence-corrected chi connectivity index (χ0v) is 14.6. The summed E-state index contributed by atoms with van der Waals surface area (Å²) in [5, 5.41) is 1.96. The topological polar surface area (TPSA) is 75.4 Å². The van der Waals surface area contributed by atoms with Gasteiger partial charge in [-0.1, -0.05) is 24.6 Å². The highest BCUT2D eigenvalue weighted by Crippen LogP contribution is 2.27.